The van der Waals surface area contributed by atoms with Gasteiger partial charge in [0.15, 0.2) is 17.5 Å². The first-order valence-electron chi connectivity index (χ1n) is 7.99. The summed E-state index contributed by atoms with van der Waals surface area (Å²) in [5, 5.41) is 15.6. The summed E-state index contributed by atoms with van der Waals surface area (Å²) in [5.74, 6) is 1.65. The Bertz CT molecular complexity index is 737. The average molecular weight is 326 g/mol. The molecule has 1 aromatic carbocycles. The number of anilines is 3. The Morgan fingerprint density at radius 3 is 2.79 bits per heavy atom. The molecule has 1 saturated heterocycles. The molecule has 0 amide bonds. The summed E-state index contributed by atoms with van der Waals surface area (Å²) in [6, 6.07) is 5.93. The van der Waals surface area contributed by atoms with Crippen molar-refractivity contribution < 1.29 is 0 Å². The first-order valence-corrected chi connectivity index (χ1v) is 7.99. The zero-order valence-electron chi connectivity index (χ0n) is 14.0. The molecule has 126 valence electrons. The zero-order chi connectivity index (χ0) is 16.9. The minimum Gasteiger partial charge on any atom is -0.379 e. The van der Waals surface area contributed by atoms with Crippen LogP contribution in [0.5, 0.6) is 0 Å². The molecular formula is C16H22N8. The van der Waals surface area contributed by atoms with Crippen LogP contribution in [0.15, 0.2) is 23.3 Å². The number of rotatable bonds is 4. The molecule has 0 aliphatic carbocycles. The van der Waals surface area contributed by atoms with Crippen LogP contribution in [-0.2, 0) is 0 Å². The van der Waals surface area contributed by atoms with E-state index >= 15 is 0 Å². The Labute approximate surface area is 141 Å². The van der Waals surface area contributed by atoms with Gasteiger partial charge in [0, 0.05) is 38.0 Å². The van der Waals surface area contributed by atoms with Crippen LogP contribution in [0.2, 0.25) is 0 Å². The predicted octanol–water partition coefficient (Wildman–Crippen LogP) is 1.26. The molecule has 1 aliphatic rings. The lowest BCUT2D eigenvalue weighted by Crippen LogP contribution is -2.44. The highest BCUT2D eigenvalue weighted by atomic mass is 15.3. The fourth-order valence-corrected chi connectivity index (χ4v) is 2.62. The summed E-state index contributed by atoms with van der Waals surface area (Å²) in [5.41, 5.74) is 11.9. The van der Waals surface area contributed by atoms with Crippen molar-refractivity contribution in [3.63, 3.8) is 0 Å². The van der Waals surface area contributed by atoms with Crippen molar-refractivity contribution in [2.75, 3.05) is 42.2 Å². The number of aromatic nitrogens is 3. The number of piperazine rings is 1. The average Bonchev–Trinajstić information content (AvgIpc) is 2.62. The van der Waals surface area contributed by atoms with Gasteiger partial charge in [0.05, 0.1) is 5.69 Å². The summed E-state index contributed by atoms with van der Waals surface area (Å²) in [7, 11) is 0. The number of hydrazone groups is 1. The maximum atomic E-state index is 5.98. The molecule has 2 heterocycles. The molecule has 0 radical (unpaired) electrons. The van der Waals surface area contributed by atoms with Crippen molar-refractivity contribution in [2.24, 2.45) is 5.10 Å². The van der Waals surface area contributed by atoms with Crippen molar-refractivity contribution in [3.8, 4) is 11.4 Å². The fraction of sp³-hybridized carbons (Fsp3) is 0.375. The Balaban J connectivity index is 1.90. The Morgan fingerprint density at radius 2 is 2.08 bits per heavy atom. The molecule has 0 bridgehead atoms. The van der Waals surface area contributed by atoms with Crippen LogP contribution in [0.25, 0.3) is 11.4 Å². The fourth-order valence-electron chi connectivity index (χ4n) is 2.62. The molecule has 0 spiro atoms. The minimum absolute atomic E-state index is 0.368. The number of hydrogen-bond donors (Lipinski definition) is 3. The van der Waals surface area contributed by atoms with E-state index in [0.717, 1.165) is 43.0 Å². The van der Waals surface area contributed by atoms with E-state index in [-0.39, 0.29) is 0 Å². The molecule has 4 N–H and O–H groups in total. The van der Waals surface area contributed by atoms with Crippen molar-refractivity contribution in [2.45, 2.75) is 13.8 Å². The second kappa shape index (κ2) is 7.22. The molecule has 2 aromatic rings. The molecule has 24 heavy (non-hydrogen) atoms. The summed E-state index contributed by atoms with van der Waals surface area (Å²) in [6.45, 7) is 7.42. The van der Waals surface area contributed by atoms with Crippen molar-refractivity contribution in [1.29, 1.82) is 0 Å². The van der Waals surface area contributed by atoms with E-state index in [9.17, 15) is 0 Å². The number of benzene rings is 1. The SMILES string of the molecule is C/C=N/Nc1ccc(-c2nnc(N)c(N3CCNCC3)n2)cc1C. The normalized spacial score (nSPS) is 15.0. The lowest BCUT2D eigenvalue weighted by Gasteiger charge is -2.28. The van der Waals surface area contributed by atoms with Gasteiger partial charge in [0.2, 0.25) is 0 Å². The summed E-state index contributed by atoms with van der Waals surface area (Å²) in [6.07, 6.45) is 1.71. The number of aryl methyl sites for hydroxylation is 1. The van der Waals surface area contributed by atoms with Gasteiger partial charge in [0.25, 0.3) is 0 Å². The summed E-state index contributed by atoms with van der Waals surface area (Å²) in [4.78, 5) is 6.79. The lowest BCUT2D eigenvalue weighted by molar-refractivity contribution is 0.584. The third-order valence-corrected chi connectivity index (χ3v) is 3.91. The molecule has 0 unspecified atom stereocenters. The Kier molecular flexibility index (Phi) is 4.85. The Morgan fingerprint density at radius 1 is 1.29 bits per heavy atom. The lowest BCUT2D eigenvalue weighted by atomic mass is 10.1. The molecule has 8 heteroatoms. The van der Waals surface area contributed by atoms with Crippen molar-refractivity contribution >= 4 is 23.5 Å². The van der Waals surface area contributed by atoms with Gasteiger partial charge in [-0.3, -0.25) is 5.43 Å². The quantitative estimate of drug-likeness (QED) is 0.574. The molecule has 1 aliphatic heterocycles. The largest absolute Gasteiger partial charge is 0.379 e. The standard InChI is InChI=1S/C16H22N8/c1-3-19-21-13-5-4-12(10-11(13)2)15-20-16(14(17)22-23-15)24-8-6-18-7-9-24/h3-5,10,18,21H,6-9H2,1-2H3,(H2,17,22)/b19-3+. The number of nitrogens with two attached hydrogens (primary N) is 1. The highest BCUT2D eigenvalue weighted by Gasteiger charge is 2.17. The van der Waals surface area contributed by atoms with Gasteiger partial charge in [-0.1, -0.05) is 0 Å². The third kappa shape index (κ3) is 3.43. The minimum atomic E-state index is 0.368. The topological polar surface area (TPSA) is 104 Å². The number of hydrogen-bond acceptors (Lipinski definition) is 8. The van der Waals surface area contributed by atoms with Crippen molar-refractivity contribution in [1.82, 2.24) is 20.5 Å². The second-order valence-electron chi connectivity index (χ2n) is 5.61. The Hall–Kier alpha value is -2.74. The molecule has 0 saturated carbocycles. The maximum absolute atomic E-state index is 5.98. The number of nitrogens with one attached hydrogen (secondary N) is 2. The first-order chi connectivity index (χ1) is 11.7. The first kappa shape index (κ1) is 16.1. The molecule has 8 nitrogen and oxygen atoms in total. The third-order valence-electron chi connectivity index (χ3n) is 3.91. The van der Waals surface area contributed by atoms with Crippen LogP contribution in [-0.4, -0.2) is 47.6 Å². The van der Waals surface area contributed by atoms with E-state index in [1.807, 2.05) is 32.0 Å². The van der Waals surface area contributed by atoms with Crippen LogP contribution in [0.3, 0.4) is 0 Å². The van der Waals surface area contributed by atoms with E-state index < -0.39 is 0 Å². The van der Waals surface area contributed by atoms with Crippen LogP contribution < -0.4 is 21.4 Å². The summed E-state index contributed by atoms with van der Waals surface area (Å²) < 4.78 is 0. The van der Waals surface area contributed by atoms with Crippen LogP contribution in [0.1, 0.15) is 12.5 Å². The van der Waals surface area contributed by atoms with Gasteiger partial charge in [-0.2, -0.15) is 5.10 Å². The smallest absolute Gasteiger partial charge is 0.189 e. The molecule has 3 rings (SSSR count). The van der Waals surface area contributed by atoms with E-state index in [1.54, 1.807) is 6.21 Å². The van der Waals surface area contributed by atoms with E-state index in [1.165, 1.54) is 0 Å². The van der Waals surface area contributed by atoms with Gasteiger partial charge < -0.3 is 16.0 Å². The van der Waals surface area contributed by atoms with Crippen LogP contribution >= 0.6 is 0 Å². The molecule has 1 fully saturated rings. The van der Waals surface area contributed by atoms with Gasteiger partial charge in [-0.05, 0) is 37.6 Å². The number of nitrogen functional groups attached to an aromatic ring is 1. The predicted molar refractivity (Wildman–Crippen MR) is 97.3 cm³/mol. The molecule has 0 atom stereocenters. The van der Waals surface area contributed by atoms with Gasteiger partial charge in [0.1, 0.15) is 0 Å². The maximum Gasteiger partial charge on any atom is 0.189 e. The number of nitrogens with zero attached hydrogens (tertiary/aromatic N) is 5. The van der Waals surface area contributed by atoms with Crippen LogP contribution in [0.4, 0.5) is 17.3 Å². The van der Waals surface area contributed by atoms with Gasteiger partial charge >= 0.3 is 0 Å². The summed E-state index contributed by atoms with van der Waals surface area (Å²) >= 11 is 0. The van der Waals surface area contributed by atoms with Gasteiger partial charge in [-0.25, -0.2) is 4.98 Å². The van der Waals surface area contributed by atoms with E-state index in [4.69, 9.17) is 5.73 Å². The van der Waals surface area contributed by atoms with E-state index in [2.05, 4.69) is 35.9 Å². The highest BCUT2D eigenvalue weighted by molar-refractivity contribution is 5.67. The van der Waals surface area contributed by atoms with Crippen LogP contribution in [0, 0.1) is 6.92 Å². The van der Waals surface area contributed by atoms with Crippen molar-refractivity contribution in [3.05, 3.63) is 23.8 Å². The molecular weight excluding hydrogens is 304 g/mol. The van der Waals surface area contributed by atoms with Gasteiger partial charge in [-0.15, -0.1) is 10.2 Å². The molecule has 1 aromatic heterocycles. The second-order valence-corrected chi connectivity index (χ2v) is 5.61. The highest BCUT2D eigenvalue weighted by Crippen LogP contribution is 2.25. The van der Waals surface area contributed by atoms with E-state index in [0.29, 0.717) is 17.5 Å². The zero-order valence-corrected chi connectivity index (χ0v) is 14.0. The monoisotopic (exact) mass is 326 g/mol.